The summed E-state index contributed by atoms with van der Waals surface area (Å²) in [7, 11) is 0. The normalized spacial score (nSPS) is 16.7. The molecule has 5 heteroatoms. The maximum atomic E-state index is 12.1. The molecule has 1 saturated heterocycles. The first kappa shape index (κ1) is 11.7. The third-order valence-corrected chi connectivity index (χ3v) is 3.22. The van der Waals surface area contributed by atoms with Gasteiger partial charge in [0.05, 0.1) is 0 Å². The molecule has 1 aromatic heterocycles. The van der Waals surface area contributed by atoms with E-state index in [1.165, 1.54) is 0 Å². The molecule has 0 saturated carbocycles. The van der Waals surface area contributed by atoms with Crippen LogP contribution in [0.3, 0.4) is 0 Å². The van der Waals surface area contributed by atoms with Crippen LogP contribution in [0.5, 0.6) is 0 Å². The number of hydrogen-bond donors (Lipinski definition) is 1. The highest BCUT2D eigenvalue weighted by Crippen LogP contribution is 2.22. The van der Waals surface area contributed by atoms with E-state index in [4.69, 9.17) is 5.73 Å². The quantitative estimate of drug-likeness (QED) is 0.898. The highest BCUT2D eigenvalue weighted by molar-refractivity contribution is 9.10. The van der Waals surface area contributed by atoms with Gasteiger partial charge in [0.15, 0.2) is 0 Å². The van der Waals surface area contributed by atoms with Crippen LogP contribution in [0.15, 0.2) is 16.7 Å². The van der Waals surface area contributed by atoms with Crippen molar-refractivity contribution in [3.05, 3.63) is 22.4 Å². The molecule has 0 radical (unpaired) electrons. The highest BCUT2D eigenvalue weighted by Gasteiger charge is 2.30. The maximum Gasteiger partial charge on any atom is 0.270 e. The van der Waals surface area contributed by atoms with Crippen LogP contribution in [-0.4, -0.2) is 34.5 Å². The fraction of sp³-hybridized carbons (Fsp3) is 0.545. The molecule has 0 atom stereocenters. The largest absolute Gasteiger partial charge is 0.340 e. The van der Waals surface area contributed by atoms with E-state index < -0.39 is 0 Å². The maximum absolute atomic E-state index is 12.1. The zero-order valence-electron chi connectivity index (χ0n) is 9.48. The Hall–Kier alpha value is -0.810. The molecule has 16 heavy (non-hydrogen) atoms. The molecule has 1 aliphatic heterocycles. The predicted octanol–water partition coefficient (Wildman–Crippen LogP) is 1.61. The van der Waals surface area contributed by atoms with Gasteiger partial charge in [-0.05, 0) is 35.8 Å². The molecule has 1 amide bonds. The molecule has 0 bridgehead atoms. The van der Waals surface area contributed by atoms with Crippen LogP contribution in [0.4, 0.5) is 0 Å². The van der Waals surface area contributed by atoms with Crippen LogP contribution in [-0.2, 0) is 0 Å². The minimum absolute atomic E-state index is 0.0705. The third-order valence-electron chi connectivity index (χ3n) is 2.79. The first-order valence-corrected chi connectivity index (χ1v) is 6.20. The van der Waals surface area contributed by atoms with Gasteiger partial charge in [-0.3, -0.25) is 4.79 Å². The van der Waals surface area contributed by atoms with Crippen molar-refractivity contribution < 1.29 is 4.79 Å². The fourth-order valence-electron chi connectivity index (χ4n) is 1.88. The van der Waals surface area contributed by atoms with Crippen LogP contribution >= 0.6 is 15.9 Å². The van der Waals surface area contributed by atoms with E-state index in [9.17, 15) is 4.79 Å². The summed E-state index contributed by atoms with van der Waals surface area (Å²) in [5.41, 5.74) is 6.41. The molecular weight excluding hydrogens is 270 g/mol. The Kier molecular flexibility index (Phi) is 3.08. The molecule has 88 valence electrons. The van der Waals surface area contributed by atoms with Crippen molar-refractivity contribution in [3.8, 4) is 0 Å². The Morgan fingerprint density at radius 3 is 2.69 bits per heavy atom. The Labute approximate surface area is 104 Å². The van der Waals surface area contributed by atoms with Crippen LogP contribution in [0.25, 0.3) is 0 Å². The molecule has 4 nitrogen and oxygen atoms in total. The Morgan fingerprint density at radius 1 is 1.56 bits per heavy atom. The Balaban J connectivity index is 2.22. The summed E-state index contributed by atoms with van der Waals surface area (Å²) in [6, 6.07) is 2.29. The van der Waals surface area contributed by atoms with E-state index in [1.54, 1.807) is 4.90 Å². The van der Waals surface area contributed by atoms with Crippen LogP contribution < -0.4 is 5.73 Å². The minimum atomic E-state index is 0.0705. The number of carbonyl (C=O) groups is 1. The summed E-state index contributed by atoms with van der Waals surface area (Å²) in [6.45, 7) is 5.45. The van der Waals surface area contributed by atoms with Gasteiger partial charge in [-0.2, -0.15) is 0 Å². The second-order valence-electron chi connectivity index (χ2n) is 4.51. The standard InChI is InChI=1S/C11H16BrN3O/c1-7(2)15-4-8(12)3-10(15)11(16)14-5-9(13)6-14/h3-4,7,9H,5-6,13H2,1-2H3. The second-order valence-corrected chi connectivity index (χ2v) is 5.43. The van der Waals surface area contributed by atoms with Gasteiger partial charge in [0.1, 0.15) is 5.69 Å². The molecule has 2 N–H and O–H groups in total. The topological polar surface area (TPSA) is 51.3 Å². The monoisotopic (exact) mass is 285 g/mol. The lowest BCUT2D eigenvalue weighted by Gasteiger charge is -2.37. The number of aromatic nitrogens is 1. The van der Waals surface area contributed by atoms with Crippen molar-refractivity contribution in [3.63, 3.8) is 0 Å². The number of amides is 1. The number of carbonyl (C=O) groups excluding carboxylic acids is 1. The summed E-state index contributed by atoms with van der Waals surface area (Å²) in [6.07, 6.45) is 1.94. The Morgan fingerprint density at radius 2 is 2.19 bits per heavy atom. The molecular formula is C11H16BrN3O. The summed E-state index contributed by atoms with van der Waals surface area (Å²) in [5.74, 6) is 0.0705. The van der Waals surface area contributed by atoms with Gasteiger partial charge in [-0.1, -0.05) is 0 Å². The number of halogens is 1. The third kappa shape index (κ3) is 2.01. The van der Waals surface area contributed by atoms with E-state index in [2.05, 4.69) is 29.8 Å². The average Bonchev–Trinajstić information content (AvgIpc) is 2.54. The lowest BCUT2D eigenvalue weighted by Crippen LogP contribution is -2.58. The van der Waals surface area contributed by atoms with E-state index in [0.717, 1.165) is 10.2 Å². The van der Waals surface area contributed by atoms with Crippen molar-refractivity contribution in [2.45, 2.75) is 25.9 Å². The fourth-order valence-corrected chi connectivity index (χ4v) is 2.32. The van der Waals surface area contributed by atoms with E-state index in [0.29, 0.717) is 13.1 Å². The summed E-state index contributed by atoms with van der Waals surface area (Å²) in [5, 5.41) is 0. The summed E-state index contributed by atoms with van der Waals surface area (Å²) in [4.78, 5) is 13.9. The zero-order chi connectivity index (χ0) is 11.9. The summed E-state index contributed by atoms with van der Waals surface area (Å²) < 4.78 is 2.92. The van der Waals surface area contributed by atoms with Crippen LogP contribution in [0.2, 0.25) is 0 Å². The minimum Gasteiger partial charge on any atom is -0.340 e. The average molecular weight is 286 g/mol. The predicted molar refractivity (Wildman–Crippen MR) is 66.4 cm³/mol. The number of hydrogen-bond acceptors (Lipinski definition) is 2. The molecule has 0 spiro atoms. The van der Waals surface area contributed by atoms with Gasteiger partial charge in [0.2, 0.25) is 0 Å². The van der Waals surface area contributed by atoms with Gasteiger partial charge in [-0.15, -0.1) is 0 Å². The van der Waals surface area contributed by atoms with E-state index >= 15 is 0 Å². The molecule has 0 unspecified atom stereocenters. The molecule has 0 aliphatic carbocycles. The molecule has 2 rings (SSSR count). The van der Waals surface area contributed by atoms with Gasteiger partial charge in [0.25, 0.3) is 5.91 Å². The van der Waals surface area contributed by atoms with Crippen molar-refractivity contribution in [2.24, 2.45) is 5.73 Å². The lowest BCUT2D eigenvalue weighted by molar-refractivity contribution is 0.0595. The Bertz CT molecular complexity index is 407. The van der Waals surface area contributed by atoms with Crippen molar-refractivity contribution >= 4 is 21.8 Å². The number of rotatable bonds is 2. The van der Waals surface area contributed by atoms with Gasteiger partial charge in [0, 0.05) is 35.8 Å². The smallest absolute Gasteiger partial charge is 0.270 e. The number of likely N-dealkylation sites (tertiary alicyclic amines) is 1. The van der Waals surface area contributed by atoms with Crippen molar-refractivity contribution in [2.75, 3.05) is 13.1 Å². The van der Waals surface area contributed by atoms with Gasteiger partial charge in [-0.25, -0.2) is 0 Å². The van der Waals surface area contributed by atoms with Crippen molar-refractivity contribution in [1.82, 2.24) is 9.47 Å². The van der Waals surface area contributed by atoms with Crippen molar-refractivity contribution in [1.29, 1.82) is 0 Å². The van der Waals surface area contributed by atoms with E-state index in [1.807, 2.05) is 16.8 Å². The van der Waals surface area contributed by atoms with Crippen LogP contribution in [0.1, 0.15) is 30.4 Å². The first-order valence-electron chi connectivity index (χ1n) is 5.41. The van der Waals surface area contributed by atoms with E-state index in [-0.39, 0.29) is 18.0 Å². The number of nitrogens with two attached hydrogens (primary N) is 1. The van der Waals surface area contributed by atoms with Crippen LogP contribution in [0, 0.1) is 0 Å². The zero-order valence-corrected chi connectivity index (χ0v) is 11.1. The van der Waals surface area contributed by atoms with Gasteiger partial charge >= 0.3 is 0 Å². The number of nitrogens with zero attached hydrogens (tertiary/aromatic N) is 2. The van der Waals surface area contributed by atoms with Gasteiger partial charge < -0.3 is 15.2 Å². The molecule has 1 aromatic rings. The first-order chi connectivity index (χ1) is 7.49. The SMILES string of the molecule is CC(C)n1cc(Br)cc1C(=O)N1CC(N)C1. The molecule has 1 fully saturated rings. The molecule has 0 aromatic carbocycles. The molecule has 1 aliphatic rings. The highest BCUT2D eigenvalue weighted by atomic mass is 79.9. The lowest BCUT2D eigenvalue weighted by atomic mass is 10.1. The summed E-state index contributed by atoms with van der Waals surface area (Å²) >= 11 is 3.40. The second kappa shape index (κ2) is 4.22. The molecule has 2 heterocycles.